The van der Waals surface area contributed by atoms with Crippen LogP contribution in [-0.4, -0.2) is 61.0 Å². The number of rotatable bonds is 5. The van der Waals surface area contributed by atoms with Crippen LogP contribution in [0.25, 0.3) is 0 Å². The van der Waals surface area contributed by atoms with Crippen LogP contribution in [0.3, 0.4) is 0 Å². The molecule has 4 heterocycles. The van der Waals surface area contributed by atoms with E-state index in [0.717, 1.165) is 43.8 Å². The molecular weight excluding hydrogens is 372 g/mol. The zero-order valence-electron chi connectivity index (χ0n) is 16.3. The Balaban J connectivity index is 1.22. The van der Waals surface area contributed by atoms with E-state index in [1.54, 1.807) is 4.90 Å². The summed E-state index contributed by atoms with van der Waals surface area (Å²) >= 11 is 0. The summed E-state index contributed by atoms with van der Waals surface area (Å²) in [4.78, 5) is 38.1. The molecule has 2 atom stereocenters. The number of fused-ring (bicyclic) bond motifs is 1. The number of benzene rings is 1. The minimum absolute atomic E-state index is 0.130. The topological polar surface area (TPSA) is 99.8 Å². The third-order valence-corrected chi connectivity index (χ3v) is 6.65. The van der Waals surface area contributed by atoms with Gasteiger partial charge in [-0.1, -0.05) is 12.1 Å². The molecule has 154 valence electrons. The highest BCUT2D eigenvalue weighted by Gasteiger charge is 2.44. The highest BCUT2D eigenvalue weighted by atomic mass is 16.5. The van der Waals surface area contributed by atoms with E-state index in [1.165, 1.54) is 0 Å². The molecule has 4 aliphatic rings. The summed E-state index contributed by atoms with van der Waals surface area (Å²) in [5.41, 5.74) is 3.05. The lowest BCUT2D eigenvalue weighted by molar-refractivity contribution is -0.136. The predicted molar refractivity (Wildman–Crippen MR) is 104 cm³/mol. The van der Waals surface area contributed by atoms with Crippen LogP contribution in [-0.2, 0) is 27.4 Å². The van der Waals surface area contributed by atoms with Gasteiger partial charge in [0.25, 0.3) is 5.91 Å². The Bertz CT molecular complexity index is 866. The van der Waals surface area contributed by atoms with Crippen LogP contribution in [0.1, 0.15) is 40.7 Å². The summed E-state index contributed by atoms with van der Waals surface area (Å²) in [7, 11) is 0. The Morgan fingerprint density at radius 2 is 2.10 bits per heavy atom. The van der Waals surface area contributed by atoms with Gasteiger partial charge in [0.1, 0.15) is 6.04 Å². The summed E-state index contributed by atoms with van der Waals surface area (Å²) in [5, 5.41) is 9.16. The lowest BCUT2D eigenvalue weighted by atomic mass is 9.80. The number of hydrogen-bond acceptors (Lipinski definition) is 6. The Hall–Kier alpha value is -2.29. The van der Waals surface area contributed by atoms with Gasteiger partial charge >= 0.3 is 0 Å². The van der Waals surface area contributed by atoms with E-state index in [1.807, 2.05) is 18.2 Å². The number of ether oxygens (including phenoxy) is 1. The van der Waals surface area contributed by atoms with E-state index in [0.29, 0.717) is 30.5 Å². The van der Waals surface area contributed by atoms with Gasteiger partial charge in [-0.25, -0.2) is 0 Å². The first-order valence-electron chi connectivity index (χ1n) is 10.3. The molecule has 1 aromatic carbocycles. The van der Waals surface area contributed by atoms with Gasteiger partial charge in [0.15, 0.2) is 0 Å². The molecule has 8 nitrogen and oxygen atoms in total. The van der Waals surface area contributed by atoms with Crippen molar-refractivity contribution < 1.29 is 19.1 Å². The smallest absolute Gasteiger partial charge is 0.255 e. The zero-order valence-corrected chi connectivity index (χ0v) is 16.3. The fourth-order valence-electron chi connectivity index (χ4n) is 4.93. The van der Waals surface area contributed by atoms with Crippen molar-refractivity contribution in [3.05, 3.63) is 34.9 Å². The lowest BCUT2D eigenvalue weighted by Gasteiger charge is -2.37. The molecule has 0 radical (unpaired) electrons. The molecule has 29 heavy (non-hydrogen) atoms. The Morgan fingerprint density at radius 3 is 2.83 bits per heavy atom. The molecule has 0 aromatic heterocycles. The Kier molecular flexibility index (Phi) is 4.64. The molecule has 0 bridgehead atoms. The minimum atomic E-state index is -0.576. The predicted octanol–water partition coefficient (Wildman–Crippen LogP) is -0.0843. The van der Waals surface area contributed by atoms with Crippen molar-refractivity contribution in [2.45, 2.75) is 44.5 Å². The third-order valence-electron chi connectivity index (χ3n) is 6.65. The number of imide groups is 1. The van der Waals surface area contributed by atoms with Crippen LogP contribution in [0.5, 0.6) is 0 Å². The molecule has 5 rings (SSSR count). The van der Waals surface area contributed by atoms with Gasteiger partial charge in [0.05, 0.1) is 12.7 Å². The Labute approximate surface area is 169 Å². The first kappa shape index (κ1) is 18.7. The van der Waals surface area contributed by atoms with Gasteiger partial charge in [-0.05, 0) is 30.0 Å². The van der Waals surface area contributed by atoms with Gasteiger partial charge in [0.2, 0.25) is 11.8 Å². The second-order valence-electron chi connectivity index (χ2n) is 8.71. The van der Waals surface area contributed by atoms with Gasteiger partial charge in [0, 0.05) is 50.1 Å². The highest BCUT2D eigenvalue weighted by Crippen LogP contribution is 2.36. The molecule has 3 N–H and O–H groups in total. The second-order valence-corrected chi connectivity index (χ2v) is 8.71. The quantitative estimate of drug-likeness (QED) is 0.600. The number of carbonyl (C=O) groups excluding carboxylic acids is 3. The van der Waals surface area contributed by atoms with Crippen molar-refractivity contribution in [1.82, 2.24) is 20.9 Å². The van der Waals surface area contributed by atoms with Crippen LogP contribution in [0.4, 0.5) is 0 Å². The number of piperidine rings is 1. The summed E-state index contributed by atoms with van der Waals surface area (Å²) in [5.74, 6) is -0.774. The van der Waals surface area contributed by atoms with E-state index in [9.17, 15) is 14.4 Å². The van der Waals surface area contributed by atoms with Crippen LogP contribution in [0, 0.1) is 5.41 Å². The fraction of sp³-hybridized carbons (Fsp3) is 0.571. The molecule has 1 aromatic rings. The molecule has 1 spiro atoms. The SMILES string of the molecule is O=C1CCC(N2Cc3c(CNCC4CC5(CNC5)CO4)cccc3C2=O)C(=O)N1. The maximum atomic E-state index is 12.9. The number of nitrogens with zero attached hydrogens (tertiary/aromatic N) is 1. The Morgan fingerprint density at radius 1 is 1.24 bits per heavy atom. The van der Waals surface area contributed by atoms with Crippen molar-refractivity contribution in [1.29, 1.82) is 0 Å². The van der Waals surface area contributed by atoms with Crippen molar-refractivity contribution in [3.63, 3.8) is 0 Å². The average Bonchev–Trinajstić information content (AvgIpc) is 3.25. The van der Waals surface area contributed by atoms with E-state index in [4.69, 9.17) is 4.74 Å². The van der Waals surface area contributed by atoms with E-state index in [-0.39, 0.29) is 30.2 Å². The summed E-state index contributed by atoms with van der Waals surface area (Å²) in [6, 6.07) is 5.16. The van der Waals surface area contributed by atoms with Crippen molar-refractivity contribution in [2.75, 3.05) is 26.2 Å². The molecule has 4 aliphatic heterocycles. The highest BCUT2D eigenvalue weighted by molar-refractivity contribution is 6.05. The summed E-state index contributed by atoms with van der Waals surface area (Å²) < 4.78 is 5.94. The van der Waals surface area contributed by atoms with Crippen LogP contribution in [0.2, 0.25) is 0 Å². The normalized spacial score (nSPS) is 27.9. The van der Waals surface area contributed by atoms with E-state index in [2.05, 4.69) is 16.0 Å². The van der Waals surface area contributed by atoms with Gasteiger partial charge in [-0.2, -0.15) is 0 Å². The molecule has 0 saturated carbocycles. The van der Waals surface area contributed by atoms with E-state index >= 15 is 0 Å². The van der Waals surface area contributed by atoms with Gasteiger partial charge in [-0.3, -0.25) is 19.7 Å². The standard InChI is InChI=1S/C21H26N4O4/c26-18-5-4-17(19(27)24-18)25-9-16-13(2-1-3-15(16)20(25)28)7-22-8-14-6-21(12-29-14)10-23-11-21/h1-3,14,17,22-23H,4-12H2,(H,24,26,27). The molecule has 3 amide bonds. The van der Waals surface area contributed by atoms with Crippen molar-refractivity contribution in [2.24, 2.45) is 5.41 Å². The maximum absolute atomic E-state index is 12.9. The minimum Gasteiger partial charge on any atom is -0.376 e. The number of amides is 3. The van der Waals surface area contributed by atoms with Crippen molar-refractivity contribution >= 4 is 17.7 Å². The third kappa shape index (κ3) is 3.35. The van der Waals surface area contributed by atoms with Crippen LogP contribution < -0.4 is 16.0 Å². The zero-order chi connectivity index (χ0) is 20.0. The van der Waals surface area contributed by atoms with Crippen LogP contribution in [0.15, 0.2) is 18.2 Å². The molecule has 3 saturated heterocycles. The largest absolute Gasteiger partial charge is 0.376 e. The summed E-state index contributed by atoms with van der Waals surface area (Å²) in [6.45, 7) is 4.79. The van der Waals surface area contributed by atoms with Crippen LogP contribution >= 0.6 is 0 Å². The number of nitrogens with one attached hydrogen (secondary N) is 3. The monoisotopic (exact) mass is 398 g/mol. The van der Waals surface area contributed by atoms with Gasteiger partial charge in [-0.15, -0.1) is 0 Å². The molecule has 8 heteroatoms. The molecule has 0 aliphatic carbocycles. The van der Waals surface area contributed by atoms with Crippen molar-refractivity contribution in [3.8, 4) is 0 Å². The molecular formula is C21H26N4O4. The first-order valence-corrected chi connectivity index (χ1v) is 10.3. The second kappa shape index (κ2) is 7.19. The lowest BCUT2D eigenvalue weighted by Crippen LogP contribution is -2.54. The maximum Gasteiger partial charge on any atom is 0.255 e. The van der Waals surface area contributed by atoms with E-state index < -0.39 is 6.04 Å². The summed E-state index contributed by atoms with van der Waals surface area (Å²) in [6.07, 6.45) is 1.97. The fourth-order valence-corrected chi connectivity index (χ4v) is 4.93. The first-order chi connectivity index (χ1) is 14.0. The molecule has 2 unspecified atom stereocenters. The van der Waals surface area contributed by atoms with Gasteiger partial charge < -0.3 is 20.3 Å². The number of carbonyl (C=O) groups is 3. The average molecular weight is 398 g/mol. The number of hydrogen-bond donors (Lipinski definition) is 3. The molecule has 3 fully saturated rings.